The smallest absolute Gasteiger partial charge is 0.0645 e. The number of aromatic nitrogens is 2. The van der Waals surface area contributed by atoms with Gasteiger partial charge in [0.15, 0.2) is 0 Å². The minimum Gasteiger partial charge on any atom is -0.394 e. The summed E-state index contributed by atoms with van der Waals surface area (Å²) in [5, 5.41) is 17.7. The predicted molar refractivity (Wildman–Crippen MR) is 83.3 cm³/mol. The average Bonchev–Trinajstić information content (AvgIpc) is 3.04. The topological polar surface area (TPSA) is 50.1 Å². The highest BCUT2D eigenvalue weighted by molar-refractivity contribution is 5.30. The van der Waals surface area contributed by atoms with Crippen molar-refractivity contribution >= 4 is 0 Å². The van der Waals surface area contributed by atoms with E-state index in [1.165, 1.54) is 19.3 Å². The van der Waals surface area contributed by atoms with E-state index in [4.69, 9.17) is 0 Å². The van der Waals surface area contributed by atoms with E-state index < -0.39 is 0 Å². The fourth-order valence-electron chi connectivity index (χ4n) is 3.08. The van der Waals surface area contributed by atoms with Crippen LogP contribution in [0.2, 0.25) is 0 Å². The molecule has 1 aromatic heterocycles. The van der Waals surface area contributed by atoms with E-state index in [2.05, 4.69) is 16.6 Å². The van der Waals surface area contributed by atoms with Crippen molar-refractivity contribution in [3.05, 3.63) is 48.3 Å². The first-order chi connectivity index (χ1) is 10.3. The van der Waals surface area contributed by atoms with Crippen molar-refractivity contribution in [2.24, 2.45) is 0 Å². The van der Waals surface area contributed by atoms with E-state index in [1.54, 1.807) is 0 Å². The zero-order valence-electron chi connectivity index (χ0n) is 12.3. The van der Waals surface area contributed by atoms with Crippen LogP contribution in [-0.2, 0) is 6.54 Å². The molecule has 0 radical (unpaired) electrons. The van der Waals surface area contributed by atoms with Gasteiger partial charge in [-0.05, 0) is 25.0 Å². The Morgan fingerprint density at radius 1 is 1.14 bits per heavy atom. The molecule has 1 aliphatic rings. The van der Waals surface area contributed by atoms with Gasteiger partial charge in [-0.1, -0.05) is 37.5 Å². The highest BCUT2D eigenvalue weighted by Gasteiger charge is 2.30. The van der Waals surface area contributed by atoms with Gasteiger partial charge in [0.2, 0.25) is 0 Å². The Kier molecular flexibility index (Phi) is 4.36. The van der Waals surface area contributed by atoms with Crippen LogP contribution < -0.4 is 5.32 Å². The molecule has 2 N–H and O–H groups in total. The number of rotatable bonds is 5. The molecule has 1 fully saturated rings. The van der Waals surface area contributed by atoms with Gasteiger partial charge >= 0.3 is 0 Å². The molecule has 1 aromatic carbocycles. The van der Waals surface area contributed by atoms with Crippen LogP contribution in [0, 0.1) is 0 Å². The van der Waals surface area contributed by atoms with Crippen LogP contribution in [0.15, 0.2) is 42.7 Å². The number of aliphatic hydroxyl groups is 1. The van der Waals surface area contributed by atoms with Crippen molar-refractivity contribution in [3.8, 4) is 5.69 Å². The molecule has 1 aliphatic carbocycles. The Hall–Kier alpha value is -1.65. The van der Waals surface area contributed by atoms with E-state index in [0.717, 1.165) is 30.6 Å². The van der Waals surface area contributed by atoms with Crippen LogP contribution in [0.5, 0.6) is 0 Å². The fraction of sp³-hybridized carbons (Fsp3) is 0.471. The lowest BCUT2D eigenvalue weighted by Gasteiger charge is -2.36. The minimum atomic E-state index is -0.0902. The number of aliphatic hydroxyl groups excluding tert-OH is 1. The van der Waals surface area contributed by atoms with Gasteiger partial charge in [-0.3, -0.25) is 0 Å². The molecule has 4 nitrogen and oxygen atoms in total. The third-order valence-electron chi connectivity index (χ3n) is 4.44. The Bertz CT molecular complexity index is 558. The highest BCUT2D eigenvalue weighted by atomic mass is 16.3. The SMILES string of the molecule is OCC1(NCc2cnn(-c3ccccc3)c2)CCCCC1. The van der Waals surface area contributed by atoms with Crippen LogP contribution in [0.3, 0.4) is 0 Å². The lowest BCUT2D eigenvalue weighted by molar-refractivity contribution is 0.119. The normalized spacial score (nSPS) is 17.8. The zero-order chi connectivity index (χ0) is 14.5. The van der Waals surface area contributed by atoms with Gasteiger partial charge in [-0.2, -0.15) is 5.10 Å². The van der Waals surface area contributed by atoms with E-state index in [9.17, 15) is 5.11 Å². The number of hydrogen-bond donors (Lipinski definition) is 2. The van der Waals surface area contributed by atoms with E-state index in [0.29, 0.717) is 0 Å². The fourth-order valence-corrected chi connectivity index (χ4v) is 3.08. The number of nitrogens with zero attached hydrogens (tertiary/aromatic N) is 2. The molecule has 0 amide bonds. The maximum Gasteiger partial charge on any atom is 0.0645 e. The highest BCUT2D eigenvalue weighted by Crippen LogP contribution is 2.28. The molecule has 0 aliphatic heterocycles. The summed E-state index contributed by atoms with van der Waals surface area (Å²) in [5.74, 6) is 0. The Morgan fingerprint density at radius 3 is 2.62 bits per heavy atom. The first-order valence-corrected chi connectivity index (χ1v) is 7.76. The van der Waals surface area contributed by atoms with Crippen molar-refractivity contribution in [3.63, 3.8) is 0 Å². The molecule has 0 unspecified atom stereocenters. The van der Waals surface area contributed by atoms with Gasteiger partial charge in [0.1, 0.15) is 0 Å². The molecule has 0 saturated heterocycles. The number of benzene rings is 1. The van der Waals surface area contributed by atoms with E-state index in [-0.39, 0.29) is 12.1 Å². The summed E-state index contributed by atoms with van der Waals surface area (Å²) in [7, 11) is 0. The molecule has 112 valence electrons. The van der Waals surface area contributed by atoms with Gasteiger partial charge in [0, 0.05) is 23.8 Å². The quantitative estimate of drug-likeness (QED) is 0.888. The molecule has 1 saturated carbocycles. The average molecular weight is 285 g/mol. The standard InChI is InChI=1S/C17H23N3O/c21-14-17(9-5-2-6-10-17)18-11-15-12-19-20(13-15)16-7-3-1-4-8-16/h1,3-4,7-8,12-13,18,21H,2,5-6,9-11,14H2. The number of nitrogens with one attached hydrogen (secondary N) is 1. The summed E-state index contributed by atoms with van der Waals surface area (Å²) < 4.78 is 1.89. The molecule has 4 heteroatoms. The third-order valence-corrected chi connectivity index (χ3v) is 4.44. The van der Waals surface area contributed by atoms with E-state index >= 15 is 0 Å². The molecule has 21 heavy (non-hydrogen) atoms. The van der Waals surface area contributed by atoms with E-state index in [1.807, 2.05) is 41.2 Å². The second kappa shape index (κ2) is 6.41. The third kappa shape index (κ3) is 3.34. The van der Waals surface area contributed by atoms with Crippen LogP contribution in [0.1, 0.15) is 37.7 Å². The summed E-state index contributed by atoms with van der Waals surface area (Å²) in [6.45, 7) is 0.979. The largest absolute Gasteiger partial charge is 0.394 e. The van der Waals surface area contributed by atoms with Crippen LogP contribution in [0.4, 0.5) is 0 Å². The van der Waals surface area contributed by atoms with Crippen molar-refractivity contribution in [1.29, 1.82) is 0 Å². The second-order valence-electron chi connectivity index (χ2n) is 5.98. The Balaban J connectivity index is 1.65. The molecular weight excluding hydrogens is 262 g/mol. The molecule has 0 bridgehead atoms. The van der Waals surface area contributed by atoms with Gasteiger partial charge in [-0.15, -0.1) is 0 Å². The molecule has 1 heterocycles. The van der Waals surface area contributed by atoms with Crippen molar-refractivity contribution in [1.82, 2.24) is 15.1 Å². The van der Waals surface area contributed by atoms with Crippen molar-refractivity contribution in [2.75, 3.05) is 6.61 Å². The molecular formula is C17H23N3O. The van der Waals surface area contributed by atoms with Crippen molar-refractivity contribution in [2.45, 2.75) is 44.2 Å². The number of para-hydroxylation sites is 1. The summed E-state index contributed by atoms with van der Waals surface area (Å²) in [6, 6.07) is 10.1. The molecule has 3 rings (SSSR count). The minimum absolute atomic E-state index is 0.0902. The first-order valence-electron chi connectivity index (χ1n) is 7.76. The summed E-state index contributed by atoms with van der Waals surface area (Å²) in [6.07, 6.45) is 9.78. The summed E-state index contributed by atoms with van der Waals surface area (Å²) in [4.78, 5) is 0. The molecule has 0 spiro atoms. The Labute approximate surface area is 125 Å². The summed E-state index contributed by atoms with van der Waals surface area (Å²) in [5.41, 5.74) is 2.13. The number of hydrogen-bond acceptors (Lipinski definition) is 3. The Morgan fingerprint density at radius 2 is 1.90 bits per heavy atom. The maximum atomic E-state index is 9.72. The van der Waals surface area contributed by atoms with Gasteiger partial charge in [0.05, 0.1) is 18.5 Å². The van der Waals surface area contributed by atoms with Gasteiger partial charge < -0.3 is 10.4 Å². The first kappa shape index (κ1) is 14.3. The summed E-state index contributed by atoms with van der Waals surface area (Å²) >= 11 is 0. The predicted octanol–water partition coefficient (Wildman–Crippen LogP) is 2.66. The zero-order valence-corrected chi connectivity index (χ0v) is 12.3. The van der Waals surface area contributed by atoms with Crippen LogP contribution in [-0.4, -0.2) is 27.0 Å². The van der Waals surface area contributed by atoms with Crippen molar-refractivity contribution < 1.29 is 5.11 Å². The van der Waals surface area contributed by atoms with Crippen LogP contribution >= 0.6 is 0 Å². The van der Waals surface area contributed by atoms with Gasteiger partial charge in [0.25, 0.3) is 0 Å². The monoisotopic (exact) mass is 285 g/mol. The molecule has 0 atom stereocenters. The van der Waals surface area contributed by atoms with Crippen LogP contribution in [0.25, 0.3) is 5.69 Å². The van der Waals surface area contributed by atoms with Gasteiger partial charge in [-0.25, -0.2) is 4.68 Å². The lowest BCUT2D eigenvalue weighted by atomic mass is 9.82. The lowest BCUT2D eigenvalue weighted by Crippen LogP contribution is -2.49. The maximum absolute atomic E-state index is 9.72. The molecule has 2 aromatic rings. The second-order valence-corrected chi connectivity index (χ2v) is 5.98.